The molecule has 1 aromatic carbocycles. The van der Waals surface area contributed by atoms with E-state index in [4.69, 9.17) is 14.2 Å². The fourth-order valence-electron chi connectivity index (χ4n) is 2.96. The molecule has 0 bridgehead atoms. The second-order valence-electron chi connectivity index (χ2n) is 6.04. The summed E-state index contributed by atoms with van der Waals surface area (Å²) in [6.07, 6.45) is 1.05. The van der Waals surface area contributed by atoms with E-state index in [2.05, 4.69) is 31.2 Å². The maximum atomic E-state index is 5.67. The fraction of sp³-hybridized carbons (Fsp3) is 0.647. The van der Waals surface area contributed by atoms with Crippen LogP contribution in [0.15, 0.2) is 6.07 Å². The van der Waals surface area contributed by atoms with Crippen LogP contribution < -0.4 is 19.5 Å². The van der Waals surface area contributed by atoms with Gasteiger partial charge in [0.2, 0.25) is 5.75 Å². The predicted molar refractivity (Wildman–Crippen MR) is 94.0 cm³/mol. The summed E-state index contributed by atoms with van der Waals surface area (Å²) in [4.78, 5) is 2.20. The minimum absolute atomic E-state index is 0. The van der Waals surface area contributed by atoms with Crippen molar-refractivity contribution in [3.8, 4) is 17.2 Å². The Labute approximate surface area is 136 Å². The number of methoxy groups -OCH3 is 3. The third-order valence-corrected chi connectivity index (χ3v) is 4.21. The van der Waals surface area contributed by atoms with E-state index >= 15 is 0 Å². The number of ether oxygens (including phenoxy) is 3. The van der Waals surface area contributed by atoms with Crippen LogP contribution in [0.5, 0.6) is 17.2 Å². The van der Waals surface area contributed by atoms with Crippen LogP contribution in [0.4, 0.5) is 5.69 Å². The van der Waals surface area contributed by atoms with Gasteiger partial charge in [-0.05, 0) is 27.1 Å². The van der Waals surface area contributed by atoms with Crippen LogP contribution in [-0.2, 0) is 5.41 Å². The Balaban J connectivity index is 0.00000242. The van der Waals surface area contributed by atoms with Gasteiger partial charge >= 0.3 is 0 Å². The van der Waals surface area contributed by atoms with Crippen molar-refractivity contribution in [2.45, 2.75) is 26.2 Å². The summed E-state index contributed by atoms with van der Waals surface area (Å²) in [5.41, 5.74) is 2.28. The highest BCUT2D eigenvalue weighted by Crippen LogP contribution is 2.52. The Morgan fingerprint density at radius 3 is 2.32 bits per heavy atom. The summed E-state index contributed by atoms with van der Waals surface area (Å²) in [6, 6.07) is 2.00. The molecule has 0 amide bonds. The van der Waals surface area contributed by atoms with Crippen LogP contribution in [0.3, 0.4) is 0 Å². The number of nitrogens with zero attached hydrogens (tertiary/aromatic N) is 1. The maximum absolute atomic E-state index is 5.67. The molecule has 0 radical (unpaired) electrons. The van der Waals surface area contributed by atoms with Gasteiger partial charge in [-0.2, -0.15) is 0 Å². The van der Waals surface area contributed by atoms with Gasteiger partial charge in [0.05, 0.1) is 21.3 Å². The SMILES string of the molecule is C.COc1cc2c(c(OC)c1OC)C(C)(CCN(C)C)CN2.[HH]. The first-order valence-electron chi connectivity index (χ1n) is 7.19. The zero-order chi connectivity index (χ0) is 15.6. The molecule has 1 unspecified atom stereocenters. The lowest BCUT2D eigenvalue weighted by atomic mass is 9.80. The van der Waals surface area contributed by atoms with Crippen molar-refractivity contribution in [2.75, 3.05) is 53.8 Å². The van der Waals surface area contributed by atoms with Crippen molar-refractivity contribution < 1.29 is 15.6 Å². The fourth-order valence-corrected chi connectivity index (χ4v) is 2.96. The summed E-state index contributed by atoms with van der Waals surface area (Å²) in [6.45, 7) is 4.18. The number of anilines is 1. The molecule has 0 saturated carbocycles. The van der Waals surface area contributed by atoms with Crippen molar-refractivity contribution in [3.63, 3.8) is 0 Å². The molecule has 0 spiro atoms. The Bertz CT molecular complexity index is 523. The number of benzene rings is 1. The Morgan fingerprint density at radius 1 is 1.18 bits per heavy atom. The van der Waals surface area contributed by atoms with Crippen LogP contribution >= 0.6 is 0 Å². The molecule has 0 saturated heterocycles. The normalized spacial score (nSPS) is 19.2. The van der Waals surface area contributed by atoms with Crippen molar-refractivity contribution in [3.05, 3.63) is 11.6 Å². The lowest BCUT2D eigenvalue weighted by Gasteiger charge is -2.28. The van der Waals surface area contributed by atoms with Crippen LogP contribution in [-0.4, -0.2) is 53.4 Å². The number of fused-ring (bicyclic) bond motifs is 1. The Morgan fingerprint density at radius 2 is 1.82 bits per heavy atom. The summed E-state index contributed by atoms with van der Waals surface area (Å²) >= 11 is 0. The molecule has 1 heterocycles. The smallest absolute Gasteiger partial charge is 0.203 e. The van der Waals surface area contributed by atoms with Gasteiger partial charge in [0.25, 0.3) is 0 Å². The third-order valence-electron chi connectivity index (χ3n) is 4.21. The van der Waals surface area contributed by atoms with E-state index in [0.29, 0.717) is 11.5 Å². The first-order chi connectivity index (χ1) is 9.96. The van der Waals surface area contributed by atoms with Gasteiger partial charge in [-0.1, -0.05) is 14.4 Å². The predicted octanol–water partition coefficient (Wildman–Crippen LogP) is 3.23. The Hall–Kier alpha value is -1.62. The van der Waals surface area contributed by atoms with E-state index in [1.54, 1.807) is 21.3 Å². The summed E-state index contributed by atoms with van der Waals surface area (Å²) in [5.74, 6) is 2.13. The van der Waals surface area contributed by atoms with Crippen LogP contribution in [0.2, 0.25) is 0 Å². The third kappa shape index (κ3) is 3.09. The number of hydrogen-bond donors (Lipinski definition) is 1. The first kappa shape index (κ1) is 18.4. The van der Waals surface area contributed by atoms with Crippen LogP contribution in [0.1, 0.15) is 27.8 Å². The highest BCUT2D eigenvalue weighted by atomic mass is 16.5. The largest absolute Gasteiger partial charge is 0.493 e. The molecule has 2 rings (SSSR count). The van der Waals surface area contributed by atoms with Gasteiger partial charge < -0.3 is 24.4 Å². The molecule has 128 valence electrons. The lowest BCUT2D eigenvalue weighted by molar-refractivity contribution is 0.309. The molecule has 1 aromatic rings. The van der Waals surface area contributed by atoms with E-state index in [1.165, 1.54) is 5.56 Å². The average molecular weight is 312 g/mol. The lowest BCUT2D eigenvalue weighted by Crippen LogP contribution is -2.30. The molecule has 0 aromatic heterocycles. The first-order valence-corrected chi connectivity index (χ1v) is 7.19. The zero-order valence-corrected chi connectivity index (χ0v) is 13.9. The molecular formula is C17H32N2O3. The molecule has 1 atom stereocenters. The second-order valence-corrected chi connectivity index (χ2v) is 6.04. The average Bonchev–Trinajstić information content (AvgIpc) is 2.81. The number of rotatable bonds is 6. The van der Waals surface area contributed by atoms with Crippen molar-refractivity contribution in [1.29, 1.82) is 0 Å². The van der Waals surface area contributed by atoms with E-state index in [9.17, 15) is 0 Å². The van der Waals surface area contributed by atoms with Gasteiger partial charge in [-0.3, -0.25) is 0 Å². The summed E-state index contributed by atoms with van der Waals surface area (Å²) < 4.78 is 16.6. The summed E-state index contributed by atoms with van der Waals surface area (Å²) in [7, 11) is 9.16. The van der Waals surface area contributed by atoms with Crippen LogP contribution in [0.25, 0.3) is 0 Å². The highest BCUT2D eigenvalue weighted by molar-refractivity contribution is 5.74. The second kappa shape index (κ2) is 7.09. The van der Waals surface area contributed by atoms with Gasteiger partial charge in [0, 0.05) is 30.7 Å². The number of hydrogen-bond acceptors (Lipinski definition) is 5. The molecule has 0 aliphatic carbocycles. The van der Waals surface area contributed by atoms with Crippen molar-refractivity contribution >= 4 is 5.69 Å². The van der Waals surface area contributed by atoms with E-state index in [1.807, 2.05) is 6.07 Å². The van der Waals surface area contributed by atoms with Crippen molar-refractivity contribution in [1.82, 2.24) is 4.90 Å². The van der Waals surface area contributed by atoms with E-state index in [0.717, 1.165) is 30.9 Å². The molecule has 5 heteroatoms. The van der Waals surface area contributed by atoms with Crippen LogP contribution in [0, 0.1) is 0 Å². The standard InChI is InChI=1S/C16H26N2O3.CH4.H2/c1-16(7-8-18(2)3)10-17-11-9-12(19-4)14(20-5)15(21-6)13(11)16;;/h9,17H,7-8,10H2,1-6H3;1H4;1H. The topological polar surface area (TPSA) is 43.0 Å². The van der Waals surface area contributed by atoms with Gasteiger partial charge in [0.1, 0.15) is 0 Å². The highest BCUT2D eigenvalue weighted by Gasteiger charge is 2.39. The molecule has 22 heavy (non-hydrogen) atoms. The maximum Gasteiger partial charge on any atom is 0.203 e. The Kier molecular flexibility index (Phi) is 5.94. The summed E-state index contributed by atoms with van der Waals surface area (Å²) in [5, 5.41) is 3.48. The molecule has 1 N–H and O–H groups in total. The molecule has 1 aliphatic heterocycles. The van der Waals surface area contributed by atoms with E-state index in [-0.39, 0.29) is 14.3 Å². The minimum Gasteiger partial charge on any atom is -0.493 e. The molecule has 1 aliphatic rings. The molecule has 0 fully saturated rings. The molecule has 5 nitrogen and oxygen atoms in total. The van der Waals surface area contributed by atoms with Gasteiger partial charge in [-0.25, -0.2) is 0 Å². The monoisotopic (exact) mass is 312 g/mol. The van der Waals surface area contributed by atoms with E-state index < -0.39 is 0 Å². The zero-order valence-electron chi connectivity index (χ0n) is 13.9. The number of nitrogens with one attached hydrogen (secondary N) is 1. The minimum atomic E-state index is 0. The van der Waals surface area contributed by atoms with Crippen molar-refractivity contribution in [2.24, 2.45) is 0 Å². The van der Waals surface area contributed by atoms with Gasteiger partial charge in [-0.15, -0.1) is 0 Å². The molecular weight excluding hydrogens is 280 g/mol. The quantitative estimate of drug-likeness (QED) is 0.873. The van der Waals surface area contributed by atoms with Gasteiger partial charge in [0.15, 0.2) is 11.5 Å².